The first kappa shape index (κ1) is 11.9. The van der Waals surface area contributed by atoms with Crippen LogP contribution in [0.3, 0.4) is 0 Å². The zero-order valence-electron chi connectivity index (χ0n) is 9.55. The summed E-state index contributed by atoms with van der Waals surface area (Å²) in [6.07, 6.45) is 0. The second-order valence-electron chi connectivity index (χ2n) is 3.59. The molecular weight excluding hydrogens is 232 g/mol. The zero-order chi connectivity index (χ0) is 12.1. The van der Waals surface area contributed by atoms with Crippen LogP contribution in [0.15, 0.2) is 41.4 Å². The number of benzene rings is 1. The van der Waals surface area contributed by atoms with Crippen LogP contribution in [0.1, 0.15) is 11.3 Å². The maximum atomic E-state index is 5.31. The van der Waals surface area contributed by atoms with Gasteiger partial charge < -0.3 is 0 Å². The molecule has 0 amide bonds. The van der Waals surface area contributed by atoms with Crippen molar-refractivity contribution in [3.8, 4) is 0 Å². The number of hydrogen-bond donors (Lipinski definition) is 2. The summed E-state index contributed by atoms with van der Waals surface area (Å²) in [7, 11) is 0. The Labute approximate surface area is 105 Å². The lowest BCUT2D eigenvalue weighted by molar-refractivity contribution is 0.994. The van der Waals surface area contributed by atoms with E-state index >= 15 is 0 Å². The highest BCUT2D eigenvalue weighted by Gasteiger charge is 2.02. The normalized spacial score (nSPS) is 10.2. The van der Waals surface area contributed by atoms with Crippen molar-refractivity contribution in [2.45, 2.75) is 17.7 Å². The fraction of sp³-hybridized carbons (Fsp3) is 0.167. The molecule has 5 heteroatoms. The van der Waals surface area contributed by atoms with Gasteiger partial charge in [-0.3, -0.25) is 5.43 Å². The average molecular weight is 246 g/mol. The molecule has 0 unspecified atom stereocenters. The lowest BCUT2D eigenvalue weighted by atomic mass is 10.2. The van der Waals surface area contributed by atoms with Crippen LogP contribution >= 0.6 is 11.8 Å². The first-order chi connectivity index (χ1) is 8.28. The lowest BCUT2D eigenvalue weighted by Crippen LogP contribution is -2.11. The monoisotopic (exact) mass is 246 g/mol. The topological polar surface area (TPSA) is 63.8 Å². The quantitative estimate of drug-likeness (QED) is 0.375. The van der Waals surface area contributed by atoms with Crippen molar-refractivity contribution >= 4 is 17.7 Å². The number of rotatable bonds is 4. The Morgan fingerprint density at radius 1 is 1.24 bits per heavy atom. The number of nitrogen functional groups attached to an aromatic ring is 1. The third kappa shape index (κ3) is 3.44. The van der Waals surface area contributed by atoms with Gasteiger partial charge in [-0.05, 0) is 18.6 Å². The Balaban J connectivity index is 2.06. The fourth-order valence-corrected chi connectivity index (χ4v) is 2.32. The molecule has 0 aliphatic heterocycles. The van der Waals surface area contributed by atoms with Crippen molar-refractivity contribution in [2.75, 3.05) is 5.43 Å². The second kappa shape index (κ2) is 5.65. The van der Waals surface area contributed by atoms with Crippen molar-refractivity contribution in [3.05, 3.63) is 47.7 Å². The van der Waals surface area contributed by atoms with E-state index in [9.17, 15) is 0 Å². The van der Waals surface area contributed by atoms with Crippen molar-refractivity contribution in [1.82, 2.24) is 9.97 Å². The van der Waals surface area contributed by atoms with Gasteiger partial charge >= 0.3 is 0 Å². The third-order valence-corrected chi connectivity index (χ3v) is 3.17. The molecule has 1 aromatic carbocycles. The summed E-state index contributed by atoms with van der Waals surface area (Å²) in [5.74, 6) is 6.66. The van der Waals surface area contributed by atoms with E-state index in [4.69, 9.17) is 5.84 Å². The molecule has 0 aliphatic carbocycles. The van der Waals surface area contributed by atoms with E-state index < -0.39 is 0 Å². The molecule has 3 N–H and O–H groups in total. The Kier molecular flexibility index (Phi) is 3.95. The summed E-state index contributed by atoms with van der Waals surface area (Å²) in [5, 5.41) is 0.925. The number of aryl methyl sites for hydroxylation is 1. The molecule has 17 heavy (non-hydrogen) atoms. The molecule has 0 atom stereocenters. The first-order valence-electron chi connectivity index (χ1n) is 5.27. The highest BCUT2D eigenvalue weighted by atomic mass is 32.2. The summed E-state index contributed by atoms with van der Waals surface area (Å²) in [6, 6.07) is 12.2. The fourth-order valence-electron chi connectivity index (χ4n) is 1.41. The maximum absolute atomic E-state index is 5.31. The van der Waals surface area contributed by atoms with Crippen molar-refractivity contribution in [1.29, 1.82) is 0 Å². The largest absolute Gasteiger partial charge is 0.292 e. The lowest BCUT2D eigenvalue weighted by Gasteiger charge is -2.05. The summed E-state index contributed by atoms with van der Waals surface area (Å²) >= 11 is 1.67. The molecule has 0 aliphatic rings. The summed E-state index contributed by atoms with van der Waals surface area (Å²) in [5.41, 5.74) is 4.65. The number of hydrogen-bond acceptors (Lipinski definition) is 5. The summed E-state index contributed by atoms with van der Waals surface area (Å²) in [4.78, 5) is 8.43. The van der Waals surface area contributed by atoms with Crippen LogP contribution in [0.25, 0.3) is 0 Å². The molecule has 4 nitrogen and oxygen atoms in total. The molecule has 0 radical (unpaired) electrons. The summed E-state index contributed by atoms with van der Waals surface area (Å²) in [6.45, 7) is 1.93. The predicted octanol–water partition coefficient (Wildman–Crippen LogP) is 2.36. The van der Waals surface area contributed by atoms with Crippen LogP contribution in [0.4, 0.5) is 5.95 Å². The second-order valence-corrected chi connectivity index (χ2v) is 4.59. The number of aromatic nitrogens is 2. The summed E-state index contributed by atoms with van der Waals surface area (Å²) < 4.78 is 0. The zero-order valence-corrected chi connectivity index (χ0v) is 10.4. The number of nitrogens with two attached hydrogens (primary N) is 1. The van der Waals surface area contributed by atoms with Crippen molar-refractivity contribution in [2.24, 2.45) is 5.84 Å². The van der Waals surface area contributed by atoms with Gasteiger partial charge in [0.1, 0.15) is 5.03 Å². The van der Waals surface area contributed by atoms with E-state index in [-0.39, 0.29) is 0 Å². The van der Waals surface area contributed by atoms with Gasteiger partial charge in [-0.15, -0.1) is 11.8 Å². The molecule has 2 rings (SSSR count). The van der Waals surface area contributed by atoms with Crippen LogP contribution < -0.4 is 11.3 Å². The number of hydrazine groups is 1. The average Bonchev–Trinajstić information content (AvgIpc) is 2.37. The standard InChI is InChI=1S/C12H14N4S/c1-9-7-11(15-12(14-9)16-13)17-8-10-5-3-2-4-6-10/h2-7H,8,13H2,1H3,(H,14,15,16). The van der Waals surface area contributed by atoms with Crippen LogP contribution in [-0.2, 0) is 5.75 Å². The molecule has 2 aromatic rings. The highest BCUT2D eigenvalue weighted by Crippen LogP contribution is 2.22. The van der Waals surface area contributed by atoms with Crippen molar-refractivity contribution < 1.29 is 0 Å². The van der Waals surface area contributed by atoms with Gasteiger partial charge in [0.25, 0.3) is 0 Å². The molecule has 1 heterocycles. The van der Waals surface area contributed by atoms with Gasteiger partial charge in [-0.25, -0.2) is 15.8 Å². The van der Waals surface area contributed by atoms with E-state index in [0.717, 1.165) is 16.5 Å². The number of thioether (sulfide) groups is 1. The van der Waals surface area contributed by atoms with E-state index in [1.807, 2.05) is 31.2 Å². The predicted molar refractivity (Wildman–Crippen MR) is 70.6 cm³/mol. The van der Waals surface area contributed by atoms with E-state index in [1.54, 1.807) is 11.8 Å². The van der Waals surface area contributed by atoms with Gasteiger partial charge in [0.15, 0.2) is 0 Å². The van der Waals surface area contributed by atoms with Gasteiger partial charge in [-0.1, -0.05) is 30.3 Å². The van der Waals surface area contributed by atoms with Crippen LogP contribution in [0, 0.1) is 6.92 Å². The van der Waals surface area contributed by atoms with Gasteiger partial charge in [0.2, 0.25) is 5.95 Å². The Hall–Kier alpha value is -1.59. The minimum atomic E-state index is 0.459. The number of nitrogens with one attached hydrogen (secondary N) is 1. The van der Waals surface area contributed by atoms with Gasteiger partial charge in [-0.2, -0.15) is 0 Å². The third-order valence-electron chi connectivity index (χ3n) is 2.19. The van der Waals surface area contributed by atoms with Crippen molar-refractivity contribution in [3.63, 3.8) is 0 Å². The molecule has 1 aromatic heterocycles. The molecule has 0 saturated heterocycles. The van der Waals surface area contributed by atoms with E-state index in [2.05, 4.69) is 27.5 Å². The molecule has 88 valence electrons. The number of anilines is 1. The van der Waals surface area contributed by atoms with Gasteiger partial charge in [0, 0.05) is 11.4 Å². The minimum Gasteiger partial charge on any atom is -0.292 e. The van der Waals surface area contributed by atoms with Crippen LogP contribution in [0.5, 0.6) is 0 Å². The molecule has 0 bridgehead atoms. The SMILES string of the molecule is Cc1cc(SCc2ccccc2)nc(NN)n1. The van der Waals surface area contributed by atoms with Gasteiger partial charge in [0.05, 0.1) is 0 Å². The number of nitrogens with zero attached hydrogens (tertiary/aromatic N) is 2. The highest BCUT2D eigenvalue weighted by molar-refractivity contribution is 7.98. The maximum Gasteiger partial charge on any atom is 0.238 e. The van der Waals surface area contributed by atoms with E-state index in [1.165, 1.54) is 5.56 Å². The van der Waals surface area contributed by atoms with E-state index in [0.29, 0.717) is 5.95 Å². The van der Waals surface area contributed by atoms with Crippen LogP contribution in [0.2, 0.25) is 0 Å². The first-order valence-corrected chi connectivity index (χ1v) is 6.25. The molecular formula is C12H14N4S. The Morgan fingerprint density at radius 3 is 2.71 bits per heavy atom. The smallest absolute Gasteiger partial charge is 0.238 e. The Bertz CT molecular complexity index is 487. The molecule has 0 saturated carbocycles. The Morgan fingerprint density at radius 2 is 2.00 bits per heavy atom. The molecule has 0 spiro atoms. The minimum absolute atomic E-state index is 0.459. The van der Waals surface area contributed by atoms with Crippen LogP contribution in [-0.4, -0.2) is 9.97 Å². The molecule has 0 fully saturated rings.